The zero-order valence-corrected chi connectivity index (χ0v) is 11.0. The largest absolute Gasteiger partial charge is 0.493 e. The Morgan fingerprint density at radius 1 is 1.25 bits per heavy atom. The van der Waals surface area contributed by atoms with Gasteiger partial charge in [0.2, 0.25) is 0 Å². The first kappa shape index (κ1) is 15.4. The number of hydrogen-bond acceptors (Lipinski definition) is 6. The first-order chi connectivity index (χ1) is 9.42. The van der Waals surface area contributed by atoms with Gasteiger partial charge in [0.1, 0.15) is 17.1 Å². The molecule has 8 heteroatoms. The summed E-state index contributed by atoms with van der Waals surface area (Å²) in [4.78, 5) is 33.0. The molecule has 0 saturated carbocycles. The molecule has 0 aliphatic rings. The van der Waals surface area contributed by atoms with Gasteiger partial charge in [0.25, 0.3) is 17.4 Å². The highest BCUT2D eigenvalue weighted by Gasteiger charge is 2.30. The number of amides is 1. The molecule has 8 nitrogen and oxygen atoms in total. The zero-order valence-electron chi connectivity index (χ0n) is 11.0. The van der Waals surface area contributed by atoms with Crippen LogP contribution in [0.2, 0.25) is 0 Å². The molecule has 20 heavy (non-hydrogen) atoms. The second-order valence-corrected chi connectivity index (χ2v) is 3.63. The lowest BCUT2D eigenvalue weighted by Gasteiger charge is -2.11. The average molecular weight is 282 g/mol. The van der Waals surface area contributed by atoms with Crippen LogP contribution in [0.3, 0.4) is 0 Å². The van der Waals surface area contributed by atoms with Crippen molar-refractivity contribution in [3.8, 4) is 11.5 Å². The van der Waals surface area contributed by atoms with E-state index in [9.17, 15) is 19.7 Å². The smallest absolute Gasteiger partial charge is 0.290 e. The molecule has 0 bridgehead atoms. The average Bonchev–Trinajstić information content (AvgIpc) is 2.38. The molecule has 1 aromatic carbocycles. The summed E-state index contributed by atoms with van der Waals surface area (Å²) in [6.07, 6.45) is 0. The molecule has 0 radical (unpaired) electrons. The highest BCUT2D eigenvalue weighted by molar-refractivity contribution is 6.43. The second-order valence-electron chi connectivity index (χ2n) is 3.63. The SMILES string of the molecule is CCOc1cc(OCC)c(C(=O)C(N)=O)c([N+](=O)[O-])c1. The van der Waals surface area contributed by atoms with E-state index in [0.29, 0.717) is 0 Å². The van der Waals surface area contributed by atoms with Crippen molar-refractivity contribution >= 4 is 17.4 Å². The van der Waals surface area contributed by atoms with E-state index in [1.54, 1.807) is 13.8 Å². The van der Waals surface area contributed by atoms with Crippen molar-refractivity contribution in [2.75, 3.05) is 13.2 Å². The Labute approximate surface area is 114 Å². The highest BCUT2D eigenvalue weighted by atomic mass is 16.6. The third kappa shape index (κ3) is 3.22. The van der Waals surface area contributed by atoms with Crippen LogP contribution in [0.4, 0.5) is 5.69 Å². The van der Waals surface area contributed by atoms with Crippen molar-refractivity contribution in [2.24, 2.45) is 5.73 Å². The molecule has 0 aliphatic carbocycles. The van der Waals surface area contributed by atoms with Gasteiger partial charge in [-0.2, -0.15) is 0 Å². The fourth-order valence-corrected chi connectivity index (χ4v) is 1.59. The zero-order chi connectivity index (χ0) is 15.3. The van der Waals surface area contributed by atoms with Crippen LogP contribution in [0.1, 0.15) is 24.2 Å². The first-order valence-electron chi connectivity index (χ1n) is 5.84. The second kappa shape index (κ2) is 6.50. The Morgan fingerprint density at radius 2 is 1.85 bits per heavy atom. The van der Waals surface area contributed by atoms with Gasteiger partial charge < -0.3 is 15.2 Å². The van der Waals surface area contributed by atoms with Gasteiger partial charge in [-0.15, -0.1) is 0 Å². The summed E-state index contributed by atoms with van der Waals surface area (Å²) >= 11 is 0. The summed E-state index contributed by atoms with van der Waals surface area (Å²) in [5.41, 5.74) is 3.86. The summed E-state index contributed by atoms with van der Waals surface area (Å²) in [6, 6.07) is 2.37. The molecule has 0 unspecified atom stereocenters. The van der Waals surface area contributed by atoms with Gasteiger partial charge in [-0.3, -0.25) is 19.7 Å². The Bertz CT molecular complexity index is 555. The van der Waals surface area contributed by atoms with Crippen LogP contribution in [0.25, 0.3) is 0 Å². The number of nitrogens with zero attached hydrogens (tertiary/aromatic N) is 1. The van der Waals surface area contributed by atoms with Crippen LogP contribution in [-0.4, -0.2) is 29.8 Å². The monoisotopic (exact) mass is 282 g/mol. The lowest BCUT2D eigenvalue weighted by Crippen LogP contribution is -2.24. The molecule has 0 aliphatic heterocycles. The summed E-state index contributed by atoms with van der Waals surface area (Å²) in [6.45, 7) is 3.78. The van der Waals surface area contributed by atoms with Crippen molar-refractivity contribution in [1.82, 2.24) is 0 Å². The number of ketones is 1. The Morgan fingerprint density at radius 3 is 2.30 bits per heavy atom. The van der Waals surface area contributed by atoms with Gasteiger partial charge in [-0.1, -0.05) is 0 Å². The minimum absolute atomic E-state index is 0.103. The number of nitro benzene ring substituents is 1. The first-order valence-corrected chi connectivity index (χ1v) is 5.84. The lowest BCUT2D eigenvalue weighted by molar-refractivity contribution is -0.385. The minimum atomic E-state index is -1.29. The number of ether oxygens (including phenoxy) is 2. The molecule has 0 aromatic heterocycles. The number of carbonyl (C=O) groups is 2. The molecule has 1 amide bonds. The number of carbonyl (C=O) groups excluding carboxylic acids is 2. The van der Waals surface area contributed by atoms with Crippen molar-refractivity contribution in [3.63, 3.8) is 0 Å². The van der Waals surface area contributed by atoms with Gasteiger partial charge in [0.15, 0.2) is 0 Å². The van der Waals surface area contributed by atoms with E-state index < -0.39 is 27.9 Å². The molecule has 108 valence electrons. The molecular weight excluding hydrogens is 268 g/mol. The molecule has 0 heterocycles. The van der Waals surface area contributed by atoms with Crippen LogP contribution in [0, 0.1) is 10.1 Å². The number of Topliss-reactive ketones (excluding diaryl/α,β-unsaturated/α-hetero) is 1. The standard InChI is InChI=1S/C12H14N2O6/c1-3-19-7-5-8(14(17)18)10(11(15)12(13)16)9(6-7)20-4-2/h5-6H,3-4H2,1-2H3,(H2,13,16). The molecule has 0 fully saturated rings. The molecule has 2 N–H and O–H groups in total. The van der Waals surface area contributed by atoms with E-state index in [4.69, 9.17) is 15.2 Å². The van der Waals surface area contributed by atoms with Gasteiger partial charge in [-0.05, 0) is 13.8 Å². The van der Waals surface area contributed by atoms with E-state index in [-0.39, 0.29) is 24.7 Å². The fourth-order valence-electron chi connectivity index (χ4n) is 1.59. The Hall–Kier alpha value is -2.64. The third-order valence-electron chi connectivity index (χ3n) is 2.31. The lowest BCUT2D eigenvalue weighted by atomic mass is 10.1. The van der Waals surface area contributed by atoms with Crippen LogP contribution >= 0.6 is 0 Å². The molecular formula is C12H14N2O6. The molecule has 1 aromatic rings. The number of nitro groups is 1. The van der Waals surface area contributed by atoms with Gasteiger partial charge in [0, 0.05) is 6.07 Å². The van der Waals surface area contributed by atoms with E-state index >= 15 is 0 Å². The van der Waals surface area contributed by atoms with Crippen molar-refractivity contribution in [2.45, 2.75) is 13.8 Å². The predicted octanol–water partition coefficient (Wildman–Crippen LogP) is 1.06. The van der Waals surface area contributed by atoms with E-state index in [0.717, 1.165) is 6.07 Å². The summed E-state index contributed by atoms with van der Waals surface area (Å²) < 4.78 is 10.3. The number of hydrogen-bond donors (Lipinski definition) is 1. The third-order valence-corrected chi connectivity index (χ3v) is 2.31. The van der Waals surface area contributed by atoms with Gasteiger partial charge >= 0.3 is 0 Å². The normalized spacial score (nSPS) is 9.90. The minimum Gasteiger partial charge on any atom is -0.493 e. The van der Waals surface area contributed by atoms with Crippen molar-refractivity contribution < 1.29 is 24.0 Å². The molecule has 0 spiro atoms. The maximum absolute atomic E-state index is 11.7. The summed E-state index contributed by atoms with van der Waals surface area (Å²) in [5.74, 6) is -2.40. The quantitative estimate of drug-likeness (QED) is 0.345. The van der Waals surface area contributed by atoms with Crippen LogP contribution in [0.15, 0.2) is 12.1 Å². The highest BCUT2D eigenvalue weighted by Crippen LogP contribution is 2.34. The topological polar surface area (TPSA) is 122 Å². The number of nitrogens with two attached hydrogens (primary N) is 1. The number of rotatable bonds is 7. The van der Waals surface area contributed by atoms with E-state index in [2.05, 4.69) is 0 Å². The van der Waals surface area contributed by atoms with Crippen molar-refractivity contribution in [1.29, 1.82) is 0 Å². The fraction of sp³-hybridized carbons (Fsp3) is 0.333. The summed E-state index contributed by atoms with van der Waals surface area (Å²) in [5, 5.41) is 11.1. The number of primary amides is 1. The van der Waals surface area contributed by atoms with Gasteiger partial charge in [0.05, 0.1) is 24.2 Å². The maximum Gasteiger partial charge on any atom is 0.290 e. The number of benzene rings is 1. The maximum atomic E-state index is 11.7. The molecule has 1 rings (SSSR count). The van der Waals surface area contributed by atoms with Crippen molar-refractivity contribution in [3.05, 3.63) is 27.8 Å². The molecule has 0 atom stereocenters. The van der Waals surface area contributed by atoms with Crippen LogP contribution < -0.4 is 15.2 Å². The Balaban J connectivity index is 3.54. The van der Waals surface area contributed by atoms with E-state index in [1.165, 1.54) is 6.07 Å². The Kier molecular flexibility index (Phi) is 5.01. The molecule has 0 saturated heterocycles. The van der Waals surface area contributed by atoms with Crippen LogP contribution in [0.5, 0.6) is 11.5 Å². The van der Waals surface area contributed by atoms with Gasteiger partial charge in [-0.25, -0.2) is 0 Å². The predicted molar refractivity (Wildman–Crippen MR) is 69.0 cm³/mol. The van der Waals surface area contributed by atoms with Crippen LogP contribution in [-0.2, 0) is 4.79 Å². The summed E-state index contributed by atoms with van der Waals surface area (Å²) in [7, 11) is 0. The van der Waals surface area contributed by atoms with E-state index in [1.807, 2.05) is 0 Å².